The molecule has 9 rings (SSSR count). The molecule has 1 aliphatic heterocycles. The molecule has 0 bridgehead atoms. The number of fused-ring (bicyclic) bond motifs is 4. The normalized spacial score (nSPS) is 12.9. The molecule has 0 atom stereocenters. The van der Waals surface area contributed by atoms with Gasteiger partial charge in [-0.15, -0.1) is 53.6 Å². The van der Waals surface area contributed by atoms with Gasteiger partial charge in [0.25, 0.3) is 0 Å². The van der Waals surface area contributed by atoms with E-state index >= 15 is 0 Å². The standard InChI is InChI=1S/C60H63N4O.Pt/c1-12-41(13-2)42-19-18-20-46(29-42)62-37-63(56-24-17-16-23-55(56)62)47-30-44(59-52(39(5)6)32-43(38(3)4)33-53(59)40(7)8)31-49(35-47)65-48-25-26-51-50-21-14-15-22-54(50)64(57(51)36-48)58-34-45(27-28-61-58)60(9,10)11;/h14-34,37-41H,12-13H2,1-11H3;/q-3;. The minimum Gasteiger partial charge on any atom is -0.509 e. The molecule has 0 saturated carbocycles. The number of pyridine rings is 1. The molecule has 8 aromatic rings. The van der Waals surface area contributed by atoms with Gasteiger partial charge in [0.1, 0.15) is 5.82 Å². The van der Waals surface area contributed by atoms with Crippen LogP contribution < -0.4 is 14.5 Å². The molecule has 0 amide bonds. The van der Waals surface area contributed by atoms with E-state index in [0.29, 0.717) is 35.2 Å². The molecule has 3 heterocycles. The van der Waals surface area contributed by atoms with E-state index in [1.807, 2.05) is 12.3 Å². The van der Waals surface area contributed by atoms with Gasteiger partial charge in [0.15, 0.2) is 0 Å². The molecule has 5 nitrogen and oxygen atoms in total. The van der Waals surface area contributed by atoms with Gasteiger partial charge >= 0.3 is 0 Å². The minimum absolute atomic E-state index is 0. The molecule has 2 aromatic heterocycles. The van der Waals surface area contributed by atoms with E-state index in [0.717, 1.165) is 68.8 Å². The van der Waals surface area contributed by atoms with Crippen molar-refractivity contribution in [1.82, 2.24) is 9.55 Å². The fourth-order valence-electron chi connectivity index (χ4n) is 9.64. The maximum Gasteiger partial charge on any atom is 0.135 e. The van der Waals surface area contributed by atoms with E-state index in [-0.39, 0.29) is 26.5 Å². The Morgan fingerprint density at radius 3 is 1.98 bits per heavy atom. The van der Waals surface area contributed by atoms with Gasteiger partial charge < -0.3 is 19.1 Å². The number of nitrogens with zero attached hydrogens (tertiary/aromatic N) is 4. The Hall–Kier alpha value is -5.64. The van der Waals surface area contributed by atoms with Crippen LogP contribution in [0.5, 0.6) is 11.5 Å². The van der Waals surface area contributed by atoms with Gasteiger partial charge in [0, 0.05) is 61.3 Å². The Morgan fingerprint density at radius 2 is 1.32 bits per heavy atom. The number of anilines is 4. The van der Waals surface area contributed by atoms with Crippen molar-refractivity contribution in [2.45, 2.75) is 118 Å². The topological polar surface area (TPSA) is 33.5 Å². The molecule has 1 aliphatic rings. The molecule has 0 fully saturated rings. The third kappa shape index (κ3) is 8.84. The van der Waals surface area contributed by atoms with Crippen molar-refractivity contribution in [3.8, 4) is 28.4 Å². The third-order valence-corrected chi connectivity index (χ3v) is 13.4. The van der Waals surface area contributed by atoms with Crippen LogP contribution in [0.25, 0.3) is 38.8 Å². The summed E-state index contributed by atoms with van der Waals surface area (Å²) in [7, 11) is 0. The van der Waals surface area contributed by atoms with Crippen LogP contribution in [0.4, 0.5) is 22.7 Å². The van der Waals surface area contributed by atoms with Crippen LogP contribution in [-0.2, 0) is 26.5 Å². The molecule has 6 heteroatoms. The summed E-state index contributed by atoms with van der Waals surface area (Å²) in [5.41, 5.74) is 15.3. The smallest absolute Gasteiger partial charge is 0.135 e. The van der Waals surface area contributed by atoms with E-state index in [1.165, 1.54) is 33.4 Å². The first kappa shape index (κ1) is 46.9. The van der Waals surface area contributed by atoms with Crippen molar-refractivity contribution in [3.63, 3.8) is 0 Å². The molecule has 0 spiro atoms. The summed E-state index contributed by atoms with van der Waals surface area (Å²) >= 11 is 0. The number of rotatable bonds is 12. The summed E-state index contributed by atoms with van der Waals surface area (Å²) < 4.78 is 9.27. The second-order valence-corrected chi connectivity index (χ2v) is 19.8. The SMILES string of the molecule is CCC(CC)c1cccc(N2[CH-]N(c3[c-]c(Oc4[c-]c5c(cc4)c4ccccc4n5-c4cc(C(C)(C)C)ccn4)cc(-c4c(C(C)C)cc(C(C)C)cc4C(C)C)c3)c3ccccc32)c1.[Pt]. The number of hydrogen-bond acceptors (Lipinski definition) is 4. The van der Waals surface area contributed by atoms with Crippen LogP contribution in [0.3, 0.4) is 0 Å². The number of benzene rings is 6. The molecular formula is C60H63N4OPt-3. The Labute approximate surface area is 408 Å². The second-order valence-electron chi connectivity index (χ2n) is 19.8. The van der Waals surface area contributed by atoms with Crippen molar-refractivity contribution in [2.75, 3.05) is 9.80 Å². The second kappa shape index (κ2) is 18.9. The van der Waals surface area contributed by atoms with Crippen LogP contribution in [-0.4, -0.2) is 9.55 Å². The van der Waals surface area contributed by atoms with Gasteiger partial charge in [-0.3, -0.25) is 0 Å². The van der Waals surface area contributed by atoms with E-state index in [9.17, 15) is 0 Å². The maximum atomic E-state index is 7.04. The molecule has 0 saturated heterocycles. The van der Waals surface area contributed by atoms with Crippen LogP contribution in [0.15, 0.2) is 128 Å². The summed E-state index contributed by atoms with van der Waals surface area (Å²) in [6.07, 6.45) is 4.14. The summed E-state index contributed by atoms with van der Waals surface area (Å²) in [5, 5.41) is 2.24. The summed E-state index contributed by atoms with van der Waals surface area (Å²) in [4.78, 5) is 9.52. The Balaban J connectivity index is 0.00000592. The molecule has 6 aromatic carbocycles. The fourth-order valence-corrected chi connectivity index (χ4v) is 9.64. The Bertz CT molecular complexity index is 2990. The van der Waals surface area contributed by atoms with Crippen LogP contribution in [0.2, 0.25) is 0 Å². The Morgan fingerprint density at radius 1 is 0.636 bits per heavy atom. The van der Waals surface area contributed by atoms with Crippen molar-refractivity contribution >= 4 is 44.6 Å². The zero-order valence-electron chi connectivity index (χ0n) is 40.4. The number of hydrogen-bond donors (Lipinski definition) is 0. The first-order valence-electron chi connectivity index (χ1n) is 23.7. The Kier molecular flexibility index (Phi) is 13.4. The van der Waals surface area contributed by atoms with E-state index in [1.54, 1.807) is 0 Å². The maximum absolute atomic E-state index is 7.04. The largest absolute Gasteiger partial charge is 0.509 e. The van der Waals surface area contributed by atoms with Gasteiger partial charge in [-0.05, 0) is 123 Å². The molecule has 66 heavy (non-hydrogen) atoms. The molecule has 342 valence electrons. The van der Waals surface area contributed by atoms with Gasteiger partial charge in [-0.1, -0.05) is 136 Å². The van der Waals surface area contributed by atoms with Crippen LogP contribution in [0.1, 0.15) is 140 Å². The van der Waals surface area contributed by atoms with Gasteiger partial charge in [-0.25, -0.2) is 4.98 Å². The van der Waals surface area contributed by atoms with Crippen molar-refractivity contribution in [2.24, 2.45) is 0 Å². The monoisotopic (exact) mass is 1050 g/mol. The first-order chi connectivity index (χ1) is 31.2. The number of aromatic nitrogens is 2. The molecule has 0 N–H and O–H groups in total. The zero-order chi connectivity index (χ0) is 45.7. The predicted octanol–water partition coefficient (Wildman–Crippen LogP) is 17.2. The van der Waals surface area contributed by atoms with Gasteiger partial charge in [0.05, 0.1) is 0 Å². The fraction of sp³-hybridized carbons (Fsp3) is 0.300. The minimum atomic E-state index is -0.0332. The molecular weight excluding hydrogens is 988 g/mol. The van der Waals surface area contributed by atoms with Crippen LogP contribution in [0, 0.1) is 18.8 Å². The van der Waals surface area contributed by atoms with Crippen molar-refractivity contribution in [3.05, 3.63) is 174 Å². The summed E-state index contributed by atoms with van der Waals surface area (Å²) in [6.45, 7) is 27.4. The van der Waals surface area contributed by atoms with Gasteiger partial charge in [0.2, 0.25) is 0 Å². The zero-order valence-corrected chi connectivity index (χ0v) is 42.7. The van der Waals surface area contributed by atoms with Crippen molar-refractivity contribution < 1.29 is 25.8 Å². The van der Waals surface area contributed by atoms with E-state index < -0.39 is 0 Å². The van der Waals surface area contributed by atoms with E-state index in [2.05, 4.69) is 225 Å². The quantitative estimate of drug-likeness (QED) is 0.114. The number of para-hydroxylation sites is 3. The van der Waals surface area contributed by atoms with Gasteiger partial charge in [-0.2, -0.15) is 6.07 Å². The molecule has 0 unspecified atom stereocenters. The molecule has 0 radical (unpaired) electrons. The van der Waals surface area contributed by atoms with Crippen molar-refractivity contribution in [1.29, 1.82) is 0 Å². The summed E-state index contributed by atoms with van der Waals surface area (Å²) in [5.74, 6) is 3.63. The average Bonchev–Trinajstić information content (AvgIpc) is 3.85. The van der Waals surface area contributed by atoms with E-state index in [4.69, 9.17) is 9.72 Å². The third-order valence-electron chi connectivity index (χ3n) is 13.4. The summed E-state index contributed by atoms with van der Waals surface area (Å²) in [6, 6.07) is 51.7. The predicted molar refractivity (Wildman–Crippen MR) is 274 cm³/mol. The number of ether oxygens (including phenoxy) is 1. The first-order valence-corrected chi connectivity index (χ1v) is 23.7. The average molecular weight is 1050 g/mol. The molecule has 0 aliphatic carbocycles. The van der Waals surface area contributed by atoms with Crippen LogP contribution >= 0.6 is 0 Å².